The van der Waals surface area contributed by atoms with Crippen LogP contribution < -0.4 is 0 Å². The first-order valence-corrected chi connectivity index (χ1v) is 8.61. The fourth-order valence-corrected chi connectivity index (χ4v) is 4.11. The number of hydrogen-bond acceptors (Lipinski definition) is 2. The Morgan fingerprint density at radius 3 is 2.71 bits per heavy atom. The molecule has 1 heterocycles. The second-order valence-corrected chi connectivity index (χ2v) is 7.06. The number of benzene rings is 1. The fourth-order valence-electron chi connectivity index (χ4n) is 3.79. The lowest BCUT2D eigenvalue weighted by Crippen LogP contribution is -2.40. The lowest BCUT2D eigenvalue weighted by Gasteiger charge is -2.33. The van der Waals surface area contributed by atoms with E-state index in [1.54, 1.807) is 0 Å². The number of halogens is 2. The molecule has 1 aromatic carbocycles. The van der Waals surface area contributed by atoms with Crippen molar-refractivity contribution in [3.05, 3.63) is 33.8 Å². The van der Waals surface area contributed by atoms with E-state index in [1.807, 2.05) is 18.2 Å². The summed E-state index contributed by atoms with van der Waals surface area (Å²) >= 11 is 12.1. The zero-order chi connectivity index (χ0) is 14.8. The van der Waals surface area contributed by atoms with Crippen molar-refractivity contribution in [3.63, 3.8) is 0 Å². The third-order valence-electron chi connectivity index (χ3n) is 4.85. The van der Waals surface area contributed by atoms with E-state index in [0.29, 0.717) is 21.9 Å². The van der Waals surface area contributed by atoms with E-state index in [1.165, 1.54) is 18.4 Å². The van der Waals surface area contributed by atoms with Crippen LogP contribution in [0.25, 0.3) is 0 Å². The number of rotatable bonds is 3. The van der Waals surface area contributed by atoms with Gasteiger partial charge in [-0.1, -0.05) is 35.7 Å². The molecule has 1 saturated carbocycles. The van der Waals surface area contributed by atoms with Gasteiger partial charge in [0.15, 0.2) is 0 Å². The Labute approximate surface area is 136 Å². The lowest BCUT2D eigenvalue weighted by molar-refractivity contribution is -0.126. The summed E-state index contributed by atoms with van der Waals surface area (Å²) in [6.07, 6.45) is 6.47. The number of likely N-dealkylation sites (tertiary alicyclic amines) is 1. The Balaban J connectivity index is 1.71. The maximum atomic E-state index is 12.2. The third kappa shape index (κ3) is 3.44. The highest BCUT2D eigenvalue weighted by Crippen LogP contribution is 2.33. The number of carbonyl (C=O) groups is 1. The molecule has 1 aromatic rings. The first-order chi connectivity index (χ1) is 10.1. The van der Waals surface area contributed by atoms with Crippen molar-refractivity contribution in [2.75, 3.05) is 6.54 Å². The molecule has 2 atom stereocenters. The summed E-state index contributed by atoms with van der Waals surface area (Å²) in [5.41, 5.74) is 1.18. The molecule has 3 rings (SSSR count). The summed E-state index contributed by atoms with van der Waals surface area (Å²) in [5.74, 6) is 0.733. The first-order valence-electron chi connectivity index (χ1n) is 7.86. The number of carbonyl (C=O) groups excluding carboxylic acids is 1. The van der Waals surface area contributed by atoms with Crippen molar-refractivity contribution in [3.8, 4) is 0 Å². The molecule has 21 heavy (non-hydrogen) atoms. The Bertz CT molecular complexity index is 532. The minimum absolute atomic E-state index is 0.254. The molecule has 2 unspecified atom stereocenters. The van der Waals surface area contributed by atoms with Crippen molar-refractivity contribution < 1.29 is 4.79 Å². The smallest absolute Gasteiger partial charge is 0.137 e. The van der Waals surface area contributed by atoms with Crippen LogP contribution in [0.4, 0.5) is 0 Å². The molecule has 2 nitrogen and oxygen atoms in total. The van der Waals surface area contributed by atoms with Crippen LogP contribution in [0.3, 0.4) is 0 Å². The molecule has 2 fully saturated rings. The molecule has 1 saturated heterocycles. The lowest BCUT2D eigenvalue weighted by atomic mass is 9.82. The standard InChI is InChI=1S/C17H21Cl2NO/c18-14-8-7-12(10-15(14)19)11-20-9-3-5-16(20)13-4-1-2-6-17(13)21/h7-8,10,13,16H,1-6,9,11H2. The summed E-state index contributed by atoms with van der Waals surface area (Å²) < 4.78 is 0. The zero-order valence-corrected chi connectivity index (χ0v) is 13.7. The molecule has 0 bridgehead atoms. The van der Waals surface area contributed by atoms with Gasteiger partial charge in [0.1, 0.15) is 5.78 Å². The van der Waals surface area contributed by atoms with Gasteiger partial charge in [0.2, 0.25) is 0 Å². The largest absolute Gasteiger partial charge is 0.299 e. The molecule has 0 N–H and O–H groups in total. The van der Waals surface area contributed by atoms with Gasteiger partial charge in [-0.05, 0) is 49.9 Å². The van der Waals surface area contributed by atoms with E-state index in [2.05, 4.69) is 4.90 Å². The first kappa shape index (κ1) is 15.3. The topological polar surface area (TPSA) is 20.3 Å². The molecule has 0 aromatic heterocycles. The molecule has 0 radical (unpaired) electrons. The van der Waals surface area contributed by atoms with Crippen LogP contribution in [0.1, 0.15) is 44.1 Å². The van der Waals surface area contributed by atoms with E-state index >= 15 is 0 Å². The van der Waals surface area contributed by atoms with Crippen molar-refractivity contribution in [2.45, 2.75) is 51.1 Å². The van der Waals surface area contributed by atoms with Gasteiger partial charge < -0.3 is 0 Å². The summed E-state index contributed by atoms with van der Waals surface area (Å²) in [4.78, 5) is 14.7. The van der Waals surface area contributed by atoms with Crippen LogP contribution >= 0.6 is 23.2 Å². The SMILES string of the molecule is O=C1CCCCC1C1CCCN1Cc1ccc(Cl)c(Cl)c1. The van der Waals surface area contributed by atoms with Gasteiger partial charge in [0, 0.05) is 24.9 Å². The normalized spacial score (nSPS) is 27.2. The second-order valence-electron chi connectivity index (χ2n) is 6.25. The van der Waals surface area contributed by atoms with E-state index in [9.17, 15) is 4.79 Å². The highest BCUT2D eigenvalue weighted by atomic mass is 35.5. The average Bonchev–Trinajstić information content (AvgIpc) is 2.91. The number of hydrogen-bond donors (Lipinski definition) is 0. The molecule has 2 aliphatic rings. The van der Waals surface area contributed by atoms with Crippen molar-refractivity contribution in [1.29, 1.82) is 0 Å². The van der Waals surface area contributed by atoms with Crippen molar-refractivity contribution in [1.82, 2.24) is 4.90 Å². The predicted molar refractivity (Wildman–Crippen MR) is 86.9 cm³/mol. The van der Waals surface area contributed by atoms with Crippen molar-refractivity contribution in [2.24, 2.45) is 5.92 Å². The van der Waals surface area contributed by atoms with Gasteiger partial charge in [-0.25, -0.2) is 0 Å². The van der Waals surface area contributed by atoms with Gasteiger partial charge in [-0.15, -0.1) is 0 Å². The maximum Gasteiger partial charge on any atom is 0.137 e. The molecule has 4 heteroatoms. The minimum Gasteiger partial charge on any atom is -0.299 e. The van der Waals surface area contributed by atoms with Crippen molar-refractivity contribution >= 4 is 29.0 Å². The maximum absolute atomic E-state index is 12.2. The summed E-state index contributed by atoms with van der Waals surface area (Å²) in [7, 11) is 0. The molecular formula is C17H21Cl2NO. The monoisotopic (exact) mass is 325 g/mol. The molecule has 1 aliphatic carbocycles. The van der Waals surface area contributed by atoms with Crippen LogP contribution in [-0.4, -0.2) is 23.3 Å². The average molecular weight is 326 g/mol. The predicted octanol–water partition coefficient (Wildman–Crippen LogP) is 4.72. The Morgan fingerprint density at radius 2 is 1.95 bits per heavy atom. The summed E-state index contributed by atoms with van der Waals surface area (Å²) in [6, 6.07) is 6.26. The Hall–Kier alpha value is -0.570. The molecule has 0 spiro atoms. The van der Waals surface area contributed by atoms with E-state index < -0.39 is 0 Å². The minimum atomic E-state index is 0.254. The van der Waals surface area contributed by atoms with Crippen LogP contribution in [-0.2, 0) is 11.3 Å². The Kier molecular flexibility index (Phi) is 4.88. The Morgan fingerprint density at radius 1 is 1.10 bits per heavy atom. The van der Waals surface area contributed by atoms with Gasteiger partial charge in [-0.3, -0.25) is 9.69 Å². The van der Waals surface area contributed by atoms with Crippen LogP contribution in [0, 0.1) is 5.92 Å². The quantitative estimate of drug-likeness (QED) is 0.801. The second kappa shape index (κ2) is 6.68. The third-order valence-corrected chi connectivity index (χ3v) is 5.59. The summed E-state index contributed by atoms with van der Waals surface area (Å²) in [6.45, 7) is 1.94. The number of Topliss-reactive ketones (excluding diaryl/α,β-unsaturated/α-hetero) is 1. The van der Waals surface area contributed by atoms with E-state index in [0.717, 1.165) is 38.8 Å². The molecular weight excluding hydrogens is 305 g/mol. The summed E-state index contributed by atoms with van der Waals surface area (Å²) in [5, 5.41) is 1.21. The van der Waals surface area contributed by atoms with Gasteiger partial charge in [0.25, 0.3) is 0 Å². The van der Waals surface area contributed by atoms with Gasteiger partial charge in [0.05, 0.1) is 10.0 Å². The van der Waals surface area contributed by atoms with E-state index in [-0.39, 0.29) is 5.92 Å². The van der Waals surface area contributed by atoms with Crippen LogP contribution in [0.5, 0.6) is 0 Å². The zero-order valence-electron chi connectivity index (χ0n) is 12.2. The van der Waals surface area contributed by atoms with Crippen LogP contribution in [0.2, 0.25) is 10.0 Å². The number of nitrogens with zero attached hydrogens (tertiary/aromatic N) is 1. The van der Waals surface area contributed by atoms with E-state index in [4.69, 9.17) is 23.2 Å². The molecule has 114 valence electrons. The number of ketones is 1. The fraction of sp³-hybridized carbons (Fsp3) is 0.588. The highest BCUT2D eigenvalue weighted by molar-refractivity contribution is 6.42. The van der Waals surface area contributed by atoms with Gasteiger partial charge >= 0.3 is 0 Å². The van der Waals surface area contributed by atoms with Crippen LogP contribution in [0.15, 0.2) is 18.2 Å². The molecule has 1 aliphatic heterocycles. The van der Waals surface area contributed by atoms with Gasteiger partial charge in [-0.2, -0.15) is 0 Å². The molecule has 0 amide bonds. The highest BCUT2D eigenvalue weighted by Gasteiger charge is 2.36.